The first-order chi connectivity index (χ1) is 20.2. The van der Waals surface area contributed by atoms with E-state index in [2.05, 4.69) is 47.0 Å². The maximum absolute atomic E-state index is 13.9. The second-order valence-electron chi connectivity index (χ2n) is 12.9. The lowest BCUT2D eigenvalue weighted by Gasteiger charge is -2.44. The maximum atomic E-state index is 13.9. The molecule has 3 fully saturated rings. The summed E-state index contributed by atoms with van der Waals surface area (Å²) in [7, 11) is 0. The molecule has 8 nitrogen and oxygen atoms in total. The van der Waals surface area contributed by atoms with Gasteiger partial charge in [-0.05, 0) is 103 Å². The summed E-state index contributed by atoms with van der Waals surface area (Å²) >= 11 is 1.52. The predicted molar refractivity (Wildman–Crippen MR) is 168 cm³/mol. The highest BCUT2D eigenvalue weighted by Gasteiger charge is 2.37. The van der Waals surface area contributed by atoms with Crippen molar-refractivity contribution in [1.29, 1.82) is 0 Å². The Morgan fingerprint density at radius 3 is 2.55 bits per heavy atom. The van der Waals surface area contributed by atoms with Crippen molar-refractivity contribution >= 4 is 28.6 Å². The number of aryl methyl sites for hydroxylation is 1. The SMILES string of the molecule is CSc1cc(C)[nH]c(=O)c1CNC(=O)c1c(C)n([C@H](C)C2CCC(NC3(C)COC3)CC2)c2ccc(OC3CC3)cc12. The Balaban J connectivity index is 1.27. The molecule has 1 amide bonds. The minimum Gasteiger partial charge on any atom is -0.490 e. The molecule has 3 heterocycles. The molecule has 0 spiro atoms. The van der Waals surface area contributed by atoms with Crippen molar-refractivity contribution in [3.05, 3.63) is 57.1 Å². The standard InChI is InChI=1S/C33H44N4O4S/c1-19-14-29(42-5)27(31(38)35-19)16-34-32(39)30-21(3)37(28-13-12-25(15-26(28)30)41-24-10-11-24)20(2)22-6-8-23(9-7-22)36-33(4)17-40-18-33/h12-15,20,22-24,36H,6-11,16-18H2,1-5H3,(H,34,39)(H,35,38)/t20-,22?,23?/m1/s1. The molecule has 0 unspecified atom stereocenters. The zero-order valence-corrected chi connectivity index (χ0v) is 26.3. The lowest BCUT2D eigenvalue weighted by Crippen LogP contribution is -2.61. The number of fused-ring (bicyclic) bond motifs is 1. The summed E-state index contributed by atoms with van der Waals surface area (Å²) in [4.78, 5) is 30.4. The molecule has 2 aliphatic carbocycles. The number of benzene rings is 1. The van der Waals surface area contributed by atoms with Gasteiger partial charge >= 0.3 is 0 Å². The molecule has 0 radical (unpaired) electrons. The largest absolute Gasteiger partial charge is 0.490 e. The van der Waals surface area contributed by atoms with E-state index in [4.69, 9.17) is 9.47 Å². The number of carbonyl (C=O) groups is 1. The second kappa shape index (κ2) is 11.7. The molecule has 1 saturated heterocycles. The van der Waals surface area contributed by atoms with Crippen LogP contribution in [0.25, 0.3) is 10.9 Å². The monoisotopic (exact) mass is 592 g/mol. The van der Waals surface area contributed by atoms with Crippen LogP contribution in [0.5, 0.6) is 5.75 Å². The number of hydrogen-bond acceptors (Lipinski definition) is 6. The van der Waals surface area contributed by atoms with Gasteiger partial charge in [-0.2, -0.15) is 0 Å². The number of aromatic amines is 1. The van der Waals surface area contributed by atoms with E-state index in [1.807, 2.05) is 31.4 Å². The molecule has 2 saturated carbocycles. The highest BCUT2D eigenvalue weighted by Crippen LogP contribution is 2.40. The average Bonchev–Trinajstić information content (AvgIpc) is 3.71. The number of aromatic nitrogens is 2. The van der Waals surface area contributed by atoms with Crippen molar-refractivity contribution in [1.82, 2.24) is 20.2 Å². The highest BCUT2D eigenvalue weighted by atomic mass is 32.2. The number of thioether (sulfide) groups is 1. The lowest BCUT2D eigenvalue weighted by atomic mass is 9.81. The number of hydrogen-bond donors (Lipinski definition) is 3. The molecule has 1 atom stereocenters. The van der Waals surface area contributed by atoms with Gasteiger partial charge in [0, 0.05) is 51.4 Å². The van der Waals surface area contributed by atoms with Crippen LogP contribution in [0.3, 0.4) is 0 Å². The van der Waals surface area contributed by atoms with Gasteiger partial charge in [0.1, 0.15) is 5.75 Å². The number of pyridine rings is 1. The molecule has 1 aromatic carbocycles. The summed E-state index contributed by atoms with van der Waals surface area (Å²) in [6.07, 6.45) is 8.98. The fourth-order valence-electron chi connectivity index (χ4n) is 6.92. The number of H-pyrrole nitrogens is 1. The summed E-state index contributed by atoms with van der Waals surface area (Å²) in [5.74, 6) is 1.17. The van der Waals surface area contributed by atoms with E-state index < -0.39 is 0 Å². The predicted octanol–water partition coefficient (Wildman–Crippen LogP) is 5.64. The first kappa shape index (κ1) is 29.3. The zero-order valence-electron chi connectivity index (χ0n) is 25.5. The van der Waals surface area contributed by atoms with Gasteiger partial charge in [-0.1, -0.05) is 0 Å². The summed E-state index contributed by atoms with van der Waals surface area (Å²) in [6, 6.07) is 8.93. The van der Waals surface area contributed by atoms with Crippen LogP contribution in [0.4, 0.5) is 0 Å². The zero-order chi connectivity index (χ0) is 29.6. The molecule has 1 aliphatic heterocycles. The van der Waals surface area contributed by atoms with Crippen molar-refractivity contribution in [2.75, 3.05) is 19.5 Å². The third kappa shape index (κ3) is 5.88. The fourth-order valence-corrected chi connectivity index (χ4v) is 7.62. The number of rotatable bonds is 10. The van der Waals surface area contributed by atoms with Gasteiger partial charge in [-0.3, -0.25) is 9.59 Å². The molecule has 2 aromatic heterocycles. The Morgan fingerprint density at radius 1 is 1.17 bits per heavy atom. The summed E-state index contributed by atoms with van der Waals surface area (Å²) in [6.45, 7) is 10.3. The van der Waals surface area contributed by atoms with Crippen LogP contribution in [-0.2, 0) is 11.3 Å². The van der Waals surface area contributed by atoms with Crippen molar-refractivity contribution < 1.29 is 14.3 Å². The molecule has 3 aromatic rings. The molecule has 6 rings (SSSR count). The molecule has 0 bridgehead atoms. The molecule has 42 heavy (non-hydrogen) atoms. The number of nitrogens with zero attached hydrogens (tertiary/aromatic N) is 1. The third-order valence-corrected chi connectivity index (χ3v) is 10.2. The van der Waals surface area contributed by atoms with E-state index in [1.165, 1.54) is 11.8 Å². The number of nitrogens with one attached hydrogen (secondary N) is 3. The Bertz CT molecular complexity index is 1530. The molecular formula is C33H44N4O4S. The summed E-state index contributed by atoms with van der Waals surface area (Å²) in [5, 5.41) is 7.83. The van der Waals surface area contributed by atoms with Crippen molar-refractivity contribution in [3.8, 4) is 5.75 Å². The minimum atomic E-state index is -0.164. The van der Waals surface area contributed by atoms with Crippen LogP contribution in [0.2, 0.25) is 0 Å². The van der Waals surface area contributed by atoms with Gasteiger partial charge in [0.05, 0.1) is 30.4 Å². The smallest absolute Gasteiger partial charge is 0.254 e. The normalized spacial score (nSPS) is 22.5. The van der Waals surface area contributed by atoms with Gasteiger partial charge in [0.2, 0.25) is 0 Å². The lowest BCUT2D eigenvalue weighted by molar-refractivity contribution is -0.0719. The second-order valence-corrected chi connectivity index (χ2v) is 13.7. The van der Waals surface area contributed by atoms with E-state index in [0.717, 1.165) is 84.7 Å². The van der Waals surface area contributed by atoms with Crippen LogP contribution in [-0.4, -0.2) is 52.6 Å². The van der Waals surface area contributed by atoms with E-state index in [0.29, 0.717) is 23.1 Å². The van der Waals surface area contributed by atoms with E-state index >= 15 is 0 Å². The van der Waals surface area contributed by atoms with Gasteiger partial charge in [-0.15, -0.1) is 11.8 Å². The third-order valence-electron chi connectivity index (χ3n) is 9.40. The Kier molecular flexibility index (Phi) is 8.19. The molecule has 3 aliphatic rings. The van der Waals surface area contributed by atoms with Crippen molar-refractivity contribution in [2.24, 2.45) is 5.92 Å². The van der Waals surface area contributed by atoms with E-state index in [1.54, 1.807) is 0 Å². The summed E-state index contributed by atoms with van der Waals surface area (Å²) in [5.41, 5.74) is 4.05. The van der Waals surface area contributed by atoms with E-state index in [9.17, 15) is 9.59 Å². The molecular weight excluding hydrogens is 548 g/mol. The topological polar surface area (TPSA) is 97.4 Å². The van der Waals surface area contributed by atoms with Crippen LogP contribution >= 0.6 is 11.8 Å². The summed E-state index contributed by atoms with van der Waals surface area (Å²) < 4.78 is 14.0. The number of ether oxygens (including phenoxy) is 2. The van der Waals surface area contributed by atoms with Crippen LogP contribution in [0.15, 0.2) is 34.0 Å². The van der Waals surface area contributed by atoms with Crippen LogP contribution in [0.1, 0.15) is 85.7 Å². The van der Waals surface area contributed by atoms with E-state index in [-0.39, 0.29) is 35.7 Å². The maximum Gasteiger partial charge on any atom is 0.254 e. The molecule has 3 N–H and O–H groups in total. The van der Waals surface area contributed by atoms with Gasteiger partial charge in [0.25, 0.3) is 11.5 Å². The fraction of sp³-hybridized carbons (Fsp3) is 0.576. The molecule has 9 heteroatoms. The number of amides is 1. The Morgan fingerprint density at radius 2 is 1.90 bits per heavy atom. The van der Waals surface area contributed by atoms with Crippen LogP contribution in [0, 0.1) is 19.8 Å². The van der Waals surface area contributed by atoms with Gasteiger partial charge < -0.3 is 29.7 Å². The number of carbonyl (C=O) groups excluding carboxylic acids is 1. The minimum absolute atomic E-state index is 0.124. The van der Waals surface area contributed by atoms with Gasteiger partial charge in [0.15, 0.2) is 0 Å². The van der Waals surface area contributed by atoms with Crippen molar-refractivity contribution in [2.45, 2.75) is 101 Å². The first-order valence-electron chi connectivity index (χ1n) is 15.4. The highest BCUT2D eigenvalue weighted by molar-refractivity contribution is 7.98. The van der Waals surface area contributed by atoms with Gasteiger partial charge in [-0.25, -0.2) is 0 Å². The Labute approximate surface area is 252 Å². The quantitative estimate of drug-likeness (QED) is 0.264. The molecule has 226 valence electrons. The van der Waals surface area contributed by atoms with Crippen molar-refractivity contribution in [3.63, 3.8) is 0 Å². The van der Waals surface area contributed by atoms with Crippen LogP contribution < -0.4 is 20.9 Å². The Hall–Kier alpha value is -2.75. The first-order valence-corrected chi connectivity index (χ1v) is 16.6. The average molecular weight is 593 g/mol.